The van der Waals surface area contributed by atoms with Crippen molar-refractivity contribution in [3.8, 4) is 5.75 Å². The molecule has 0 fully saturated rings. The number of carbonyl (C=O) groups is 1. The lowest BCUT2D eigenvalue weighted by Gasteiger charge is -2.17. The van der Waals surface area contributed by atoms with Gasteiger partial charge in [-0.25, -0.2) is 4.79 Å². The van der Waals surface area contributed by atoms with Crippen molar-refractivity contribution < 1.29 is 14.3 Å². The van der Waals surface area contributed by atoms with Crippen LogP contribution in [-0.4, -0.2) is 25.2 Å². The molecule has 0 radical (unpaired) electrons. The second kappa shape index (κ2) is 8.82. The number of nitrogens with one attached hydrogen (secondary N) is 1. The van der Waals surface area contributed by atoms with E-state index in [2.05, 4.69) is 5.32 Å². The normalized spacial score (nSPS) is 12.0. The van der Waals surface area contributed by atoms with Crippen LogP contribution in [0.2, 0.25) is 5.02 Å². The summed E-state index contributed by atoms with van der Waals surface area (Å²) in [5.41, 5.74) is 1.08. The number of esters is 1. The molecule has 112 valence electrons. The highest BCUT2D eigenvalue weighted by atomic mass is 35.5. The molecular weight excluding hydrogens is 278 g/mol. The molecule has 1 aromatic rings. The fourth-order valence-corrected chi connectivity index (χ4v) is 1.95. The van der Waals surface area contributed by atoms with Crippen molar-refractivity contribution in [1.82, 2.24) is 5.32 Å². The van der Waals surface area contributed by atoms with Gasteiger partial charge in [0.05, 0.1) is 11.6 Å². The number of ether oxygens (including phenoxy) is 2. The summed E-state index contributed by atoms with van der Waals surface area (Å²) in [4.78, 5) is 11.7. The van der Waals surface area contributed by atoms with Crippen LogP contribution in [0.25, 0.3) is 0 Å². The minimum atomic E-state index is -0.618. The summed E-state index contributed by atoms with van der Waals surface area (Å²) in [5.74, 6) is 0.148. The largest absolute Gasteiger partial charge is 0.477 e. The average Bonchev–Trinajstić information content (AvgIpc) is 2.44. The Labute approximate surface area is 125 Å². The quantitative estimate of drug-likeness (QED) is 0.749. The third-order valence-electron chi connectivity index (χ3n) is 2.76. The first kappa shape index (κ1) is 16.8. The van der Waals surface area contributed by atoms with Crippen molar-refractivity contribution >= 4 is 17.6 Å². The van der Waals surface area contributed by atoms with Gasteiger partial charge in [-0.05, 0) is 37.6 Å². The molecule has 1 aromatic carbocycles. The van der Waals surface area contributed by atoms with Gasteiger partial charge in [0, 0.05) is 6.54 Å². The van der Waals surface area contributed by atoms with Crippen LogP contribution in [0.5, 0.6) is 5.75 Å². The summed E-state index contributed by atoms with van der Waals surface area (Å²) in [6.07, 6.45) is -0.0824. The summed E-state index contributed by atoms with van der Waals surface area (Å²) in [6.45, 7) is 7.68. The first-order chi connectivity index (χ1) is 9.62. The van der Waals surface area contributed by atoms with E-state index in [1.807, 2.05) is 26.0 Å². The Morgan fingerprint density at radius 2 is 2.10 bits per heavy atom. The second-order valence-corrected chi connectivity index (χ2v) is 4.72. The van der Waals surface area contributed by atoms with Gasteiger partial charge in [0.1, 0.15) is 5.75 Å². The van der Waals surface area contributed by atoms with Crippen molar-refractivity contribution in [2.24, 2.45) is 0 Å². The molecule has 1 atom stereocenters. The molecule has 0 bridgehead atoms. The van der Waals surface area contributed by atoms with Gasteiger partial charge in [0.25, 0.3) is 0 Å². The number of halogens is 1. The number of rotatable bonds is 8. The van der Waals surface area contributed by atoms with Crippen LogP contribution in [0.4, 0.5) is 0 Å². The van der Waals surface area contributed by atoms with Gasteiger partial charge in [-0.1, -0.05) is 31.5 Å². The van der Waals surface area contributed by atoms with Crippen molar-refractivity contribution in [2.75, 3.05) is 13.2 Å². The number of hydrogen-bond acceptors (Lipinski definition) is 4. The van der Waals surface area contributed by atoms with Gasteiger partial charge < -0.3 is 14.8 Å². The van der Waals surface area contributed by atoms with Crippen LogP contribution in [0.15, 0.2) is 18.2 Å². The molecule has 1 unspecified atom stereocenters. The molecule has 5 heteroatoms. The van der Waals surface area contributed by atoms with Crippen molar-refractivity contribution in [2.45, 2.75) is 39.8 Å². The molecule has 4 nitrogen and oxygen atoms in total. The summed E-state index contributed by atoms with van der Waals surface area (Å²) < 4.78 is 10.6. The maximum Gasteiger partial charge on any atom is 0.347 e. The van der Waals surface area contributed by atoms with Crippen LogP contribution < -0.4 is 10.1 Å². The van der Waals surface area contributed by atoms with E-state index in [1.54, 1.807) is 13.0 Å². The van der Waals surface area contributed by atoms with E-state index in [-0.39, 0.29) is 5.97 Å². The predicted octanol–water partition coefficient (Wildman–Crippen LogP) is 3.17. The maximum atomic E-state index is 11.7. The number of carbonyl (C=O) groups excluding carboxylic acids is 1. The smallest absolute Gasteiger partial charge is 0.347 e. The molecule has 20 heavy (non-hydrogen) atoms. The molecule has 0 aliphatic rings. The Kier molecular flexibility index (Phi) is 7.41. The molecular formula is C15H22ClNO3. The first-order valence-corrected chi connectivity index (χ1v) is 7.32. The van der Waals surface area contributed by atoms with Crippen molar-refractivity contribution in [3.05, 3.63) is 28.8 Å². The third-order valence-corrected chi connectivity index (χ3v) is 3.06. The Bertz CT molecular complexity index is 437. The van der Waals surface area contributed by atoms with E-state index in [0.29, 0.717) is 23.8 Å². The lowest BCUT2D eigenvalue weighted by molar-refractivity contribution is -0.151. The molecule has 0 spiro atoms. The zero-order chi connectivity index (χ0) is 15.0. The minimum absolute atomic E-state index is 0.341. The zero-order valence-electron chi connectivity index (χ0n) is 12.2. The lowest BCUT2D eigenvalue weighted by atomic mass is 10.2. The predicted molar refractivity (Wildman–Crippen MR) is 80.2 cm³/mol. The molecule has 0 saturated carbocycles. The Morgan fingerprint density at radius 1 is 1.35 bits per heavy atom. The summed E-state index contributed by atoms with van der Waals surface area (Å²) >= 11 is 6.19. The van der Waals surface area contributed by atoms with Gasteiger partial charge in [0.15, 0.2) is 6.10 Å². The maximum absolute atomic E-state index is 11.7. The molecule has 0 saturated heterocycles. The van der Waals surface area contributed by atoms with Crippen LogP contribution in [0.1, 0.15) is 32.8 Å². The average molecular weight is 300 g/mol. The van der Waals surface area contributed by atoms with Gasteiger partial charge in [-0.3, -0.25) is 0 Å². The Hall–Kier alpha value is -1.26. The van der Waals surface area contributed by atoms with Crippen LogP contribution in [-0.2, 0) is 16.1 Å². The standard InChI is InChI=1S/C15H22ClNO3/c1-4-13(15(18)19-6-3)20-14-8-7-11(9-12(14)16)10-17-5-2/h7-9,13,17H,4-6,10H2,1-3H3. The third kappa shape index (κ3) is 5.02. The minimum Gasteiger partial charge on any atom is -0.477 e. The van der Waals surface area contributed by atoms with E-state index >= 15 is 0 Å². The molecule has 0 aliphatic heterocycles. The summed E-state index contributed by atoms with van der Waals surface area (Å²) in [5, 5.41) is 3.73. The Morgan fingerprint density at radius 3 is 2.65 bits per heavy atom. The fraction of sp³-hybridized carbons (Fsp3) is 0.533. The lowest BCUT2D eigenvalue weighted by Crippen LogP contribution is -2.28. The molecule has 0 aliphatic carbocycles. The Balaban J connectivity index is 2.73. The van der Waals surface area contributed by atoms with Crippen LogP contribution in [0, 0.1) is 0 Å². The molecule has 1 rings (SSSR count). The van der Waals surface area contributed by atoms with Crippen LogP contribution >= 0.6 is 11.6 Å². The van der Waals surface area contributed by atoms with Gasteiger partial charge in [-0.2, -0.15) is 0 Å². The SMILES string of the molecule is CCNCc1ccc(OC(CC)C(=O)OCC)c(Cl)c1. The van der Waals surface area contributed by atoms with E-state index in [9.17, 15) is 4.79 Å². The van der Waals surface area contributed by atoms with E-state index in [4.69, 9.17) is 21.1 Å². The highest BCUT2D eigenvalue weighted by Crippen LogP contribution is 2.27. The summed E-state index contributed by atoms with van der Waals surface area (Å²) in [7, 11) is 0. The van der Waals surface area contributed by atoms with E-state index in [0.717, 1.165) is 18.7 Å². The van der Waals surface area contributed by atoms with Gasteiger partial charge in [-0.15, -0.1) is 0 Å². The summed E-state index contributed by atoms with van der Waals surface area (Å²) in [6, 6.07) is 5.57. The zero-order valence-corrected chi connectivity index (χ0v) is 13.0. The van der Waals surface area contributed by atoms with Crippen LogP contribution in [0.3, 0.4) is 0 Å². The van der Waals surface area contributed by atoms with E-state index in [1.165, 1.54) is 0 Å². The molecule has 1 N–H and O–H groups in total. The molecule has 0 aromatic heterocycles. The second-order valence-electron chi connectivity index (χ2n) is 4.31. The molecule has 0 heterocycles. The van der Waals surface area contributed by atoms with Gasteiger partial charge >= 0.3 is 5.97 Å². The highest BCUT2D eigenvalue weighted by Gasteiger charge is 2.20. The first-order valence-electron chi connectivity index (χ1n) is 6.94. The van der Waals surface area contributed by atoms with E-state index < -0.39 is 6.10 Å². The highest BCUT2D eigenvalue weighted by molar-refractivity contribution is 6.32. The number of benzene rings is 1. The molecule has 0 amide bonds. The van der Waals surface area contributed by atoms with Crippen molar-refractivity contribution in [1.29, 1.82) is 0 Å². The number of hydrogen-bond donors (Lipinski definition) is 1. The topological polar surface area (TPSA) is 47.6 Å². The van der Waals surface area contributed by atoms with Gasteiger partial charge in [0.2, 0.25) is 0 Å². The van der Waals surface area contributed by atoms with Crippen molar-refractivity contribution in [3.63, 3.8) is 0 Å². The monoisotopic (exact) mass is 299 g/mol. The fourth-order valence-electron chi connectivity index (χ4n) is 1.71.